The van der Waals surface area contributed by atoms with Crippen molar-refractivity contribution in [3.8, 4) is 0 Å². The second-order valence-corrected chi connectivity index (χ2v) is 7.03. The molecule has 0 heterocycles. The molecule has 2 rings (SSSR count). The monoisotopic (exact) mass is 347 g/mol. The molecule has 0 saturated heterocycles. The minimum atomic E-state index is -3.87. The van der Waals surface area contributed by atoms with Crippen molar-refractivity contribution in [3.63, 3.8) is 0 Å². The van der Waals surface area contributed by atoms with Crippen LogP contribution in [0.25, 0.3) is 0 Å². The first-order valence-corrected chi connectivity index (χ1v) is 8.17. The maximum absolute atomic E-state index is 12.0. The summed E-state index contributed by atoms with van der Waals surface area (Å²) < 4.78 is 28.7. The predicted octanol–water partition coefficient (Wildman–Crippen LogP) is 2.11. The summed E-state index contributed by atoms with van der Waals surface area (Å²) in [6.07, 6.45) is 2.73. The van der Waals surface area contributed by atoms with Crippen LogP contribution in [0.1, 0.15) is 35.2 Å². The highest BCUT2D eigenvalue weighted by molar-refractivity contribution is 9.10. The van der Waals surface area contributed by atoms with E-state index >= 15 is 0 Å². The minimum Gasteiger partial charge on any atom is -0.459 e. The fourth-order valence-electron chi connectivity index (χ4n) is 1.87. The van der Waals surface area contributed by atoms with Gasteiger partial charge in [0.2, 0.25) is 10.0 Å². The van der Waals surface area contributed by atoms with Crippen LogP contribution in [0.2, 0.25) is 0 Å². The van der Waals surface area contributed by atoms with E-state index in [1.807, 2.05) is 0 Å². The van der Waals surface area contributed by atoms with Gasteiger partial charge in [-0.2, -0.15) is 0 Å². The lowest BCUT2D eigenvalue weighted by Crippen LogP contribution is -2.26. The molecule has 0 aliphatic heterocycles. The maximum Gasteiger partial charge on any atom is 0.338 e. The van der Waals surface area contributed by atoms with Gasteiger partial charge in [0, 0.05) is 4.47 Å². The van der Waals surface area contributed by atoms with Gasteiger partial charge < -0.3 is 4.74 Å². The van der Waals surface area contributed by atoms with E-state index in [-0.39, 0.29) is 16.6 Å². The molecule has 2 N–H and O–H groups in total. The first-order valence-electron chi connectivity index (χ1n) is 5.83. The Morgan fingerprint density at radius 1 is 1.42 bits per heavy atom. The Labute approximate surface area is 120 Å². The molecule has 0 aromatic heterocycles. The van der Waals surface area contributed by atoms with E-state index in [0.717, 1.165) is 19.3 Å². The van der Waals surface area contributed by atoms with Gasteiger partial charge in [-0.15, -0.1) is 0 Å². The summed E-state index contributed by atoms with van der Waals surface area (Å²) in [7, 11) is -3.87. The molecule has 1 saturated carbocycles. The van der Waals surface area contributed by atoms with E-state index in [1.54, 1.807) is 13.0 Å². The first-order chi connectivity index (χ1) is 8.79. The number of rotatable bonds is 3. The molecular formula is C12H14BrNO4S. The van der Waals surface area contributed by atoms with Crippen molar-refractivity contribution >= 4 is 31.9 Å². The molecule has 1 aliphatic rings. The van der Waals surface area contributed by atoms with Crippen molar-refractivity contribution in [1.29, 1.82) is 0 Å². The van der Waals surface area contributed by atoms with Crippen molar-refractivity contribution < 1.29 is 17.9 Å². The average Bonchev–Trinajstić information content (AvgIpc) is 2.24. The van der Waals surface area contributed by atoms with Gasteiger partial charge in [0.1, 0.15) is 6.10 Å². The van der Waals surface area contributed by atoms with E-state index in [2.05, 4.69) is 15.9 Å². The number of primary sulfonamides is 1. The Bertz CT molecular complexity index is 623. The quantitative estimate of drug-likeness (QED) is 0.848. The van der Waals surface area contributed by atoms with Crippen molar-refractivity contribution in [1.82, 2.24) is 0 Å². The molecular weight excluding hydrogens is 334 g/mol. The summed E-state index contributed by atoms with van der Waals surface area (Å²) in [5.74, 6) is -0.506. The highest BCUT2D eigenvalue weighted by Crippen LogP contribution is 2.27. The van der Waals surface area contributed by atoms with Crippen LogP contribution < -0.4 is 5.14 Å². The van der Waals surface area contributed by atoms with Gasteiger partial charge in [-0.25, -0.2) is 18.4 Å². The van der Waals surface area contributed by atoms with Crippen LogP contribution in [0.4, 0.5) is 0 Å². The number of carbonyl (C=O) groups excluding carboxylic acids is 1. The third kappa shape index (κ3) is 3.16. The number of carbonyl (C=O) groups is 1. The molecule has 0 amide bonds. The molecule has 0 spiro atoms. The molecule has 1 fully saturated rings. The zero-order valence-corrected chi connectivity index (χ0v) is 12.8. The number of benzene rings is 1. The van der Waals surface area contributed by atoms with Crippen LogP contribution in [0, 0.1) is 6.92 Å². The average molecular weight is 348 g/mol. The molecule has 1 aromatic carbocycles. The molecule has 5 nitrogen and oxygen atoms in total. The van der Waals surface area contributed by atoms with Crippen molar-refractivity contribution in [2.75, 3.05) is 0 Å². The smallest absolute Gasteiger partial charge is 0.338 e. The Morgan fingerprint density at radius 2 is 2.05 bits per heavy atom. The third-order valence-corrected chi connectivity index (χ3v) is 4.67. The number of hydrogen-bond donors (Lipinski definition) is 1. The summed E-state index contributed by atoms with van der Waals surface area (Å²) in [5, 5.41) is 5.13. The molecule has 0 bridgehead atoms. The number of esters is 1. The lowest BCUT2D eigenvalue weighted by Gasteiger charge is -2.25. The van der Waals surface area contributed by atoms with Crippen LogP contribution in [-0.4, -0.2) is 20.5 Å². The molecule has 104 valence electrons. The summed E-state index contributed by atoms with van der Waals surface area (Å²) >= 11 is 3.18. The standard InChI is InChI=1S/C12H14BrNO4S/c1-7-10(12(15)18-9-3-2-4-9)5-8(13)6-11(7)19(14,16)17/h5-6,9H,2-4H2,1H3,(H2,14,16,17). The summed E-state index contributed by atoms with van der Waals surface area (Å²) in [5.41, 5.74) is 0.542. The van der Waals surface area contributed by atoms with Gasteiger partial charge in [0.25, 0.3) is 0 Å². The third-order valence-electron chi connectivity index (χ3n) is 3.18. The van der Waals surface area contributed by atoms with Crippen molar-refractivity contribution in [2.45, 2.75) is 37.2 Å². The zero-order chi connectivity index (χ0) is 14.2. The Balaban J connectivity index is 2.39. The van der Waals surface area contributed by atoms with Gasteiger partial charge in [-0.1, -0.05) is 15.9 Å². The van der Waals surface area contributed by atoms with E-state index in [4.69, 9.17) is 9.88 Å². The number of hydrogen-bond acceptors (Lipinski definition) is 4. The van der Waals surface area contributed by atoms with E-state index in [9.17, 15) is 13.2 Å². The molecule has 7 heteroatoms. The van der Waals surface area contributed by atoms with Crippen LogP contribution in [-0.2, 0) is 14.8 Å². The van der Waals surface area contributed by atoms with Crippen LogP contribution in [0.5, 0.6) is 0 Å². The summed E-state index contributed by atoms with van der Waals surface area (Å²) in [6, 6.07) is 2.93. The van der Waals surface area contributed by atoms with Gasteiger partial charge in [0.05, 0.1) is 10.5 Å². The summed E-state index contributed by atoms with van der Waals surface area (Å²) in [6.45, 7) is 1.55. The normalized spacial score (nSPS) is 15.9. The van der Waals surface area contributed by atoms with E-state index < -0.39 is 16.0 Å². The predicted molar refractivity (Wildman–Crippen MR) is 73.3 cm³/mol. The number of sulfonamides is 1. The van der Waals surface area contributed by atoms with Gasteiger partial charge in [0.15, 0.2) is 0 Å². The lowest BCUT2D eigenvalue weighted by molar-refractivity contribution is 0.00889. The van der Waals surface area contributed by atoms with Crippen molar-refractivity contribution in [2.24, 2.45) is 5.14 Å². The van der Waals surface area contributed by atoms with Gasteiger partial charge in [-0.05, 0) is 43.9 Å². The summed E-state index contributed by atoms with van der Waals surface area (Å²) in [4.78, 5) is 12.0. The van der Waals surface area contributed by atoms with Gasteiger partial charge in [-0.3, -0.25) is 0 Å². The lowest BCUT2D eigenvalue weighted by atomic mass is 9.96. The number of ether oxygens (including phenoxy) is 1. The SMILES string of the molecule is Cc1c(C(=O)OC2CCC2)cc(Br)cc1S(N)(=O)=O. The van der Waals surface area contributed by atoms with Crippen LogP contribution in [0.3, 0.4) is 0 Å². The fourth-order valence-corrected chi connectivity index (χ4v) is 3.30. The Hall–Kier alpha value is -0.920. The molecule has 1 aromatic rings. The minimum absolute atomic E-state index is 0.0520. The molecule has 0 unspecified atom stereocenters. The highest BCUT2D eigenvalue weighted by atomic mass is 79.9. The van der Waals surface area contributed by atoms with E-state index in [1.165, 1.54) is 6.07 Å². The highest BCUT2D eigenvalue weighted by Gasteiger charge is 2.25. The van der Waals surface area contributed by atoms with Crippen LogP contribution in [0.15, 0.2) is 21.5 Å². The van der Waals surface area contributed by atoms with Gasteiger partial charge >= 0.3 is 5.97 Å². The molecule has 1 aliphatic carbocycles. The topological polar surface area (TPSA) is 86.5 Å². The maximum atomic E-state index is 12.0. The largest absolute Gasteiger partial charge is 0.459 e. The van der Waals surface area contributed by atoms with E-state index in [0.29, 0.717) is 10.0 Å². The Kier molecular flexibility index (Phi) is 3.98. The Morgan fingerprint density at radius 3 is 2.53 bits per heavy atom. The second kappa shape index (κ2) is 5.22. The number of nitrogens with two attached hydrogens (primary N) is 1. The second-order valence-electron chi connectivity index (χ2n) is 4.58. The number of halogens is 1. The first kappa shape index (κ1) is 14.5. The molecule has 19 heavy (non-hydrogen) atoms. The molecule has 0 atom stereocenters. The molecule has 0 radical (unpaired) electrons. The zero-order valence-electron chi connectivity index (χ0n) is 10.3. The van der Waals surface area contributed by atoms with Crippen LogP contribution >= 0.6 is 15.9 Å². The fraction of sp³-hybridized carbons (Fsp3) is 0.417. The van der Waals surface area contributed by atoms with Crippen molar-refractivity contribution in [3.05, 3.63) is 27.7 Å².